The predicted octanol–water partition coefficient (Wildman–Crippen LogP) is 8.09. The molecule has 0 saturated heterocycles. The molecular formula is C29H23NO2S2. The number of carbonyl (C=O) groups excluding carboxylic acids is 1. The first-order valence-corrected chi connectivity index (χ1v) is 12.7. The van der Waals surface area contributed by atoms with E-state index in [2.05, 4.69) is 35.6 Å². The zero-order valence-electron chi connectivity index (χ0n) is 18.7. The largest absolute Gasteiger partial charge is 0.496 e. The number of ketones is 1. The number of para-hydroxylation sites is 1. The Morgan fingerprint density at radius 3 is 2.56 bits per heavy atom. The molecule has 0 bridgehead atoms. The molecule has 1 aliphatic heterocycles. The summed E-state index contributed by atoms with van der Waals surface area (Å²) in [6.45, 7) is 0. The molecule has 168 valence electrons. The number of allylic oxidation sites excluding steroid dienone is 1. The minimum Gasteiger partial charge on any atom is -0.496 e. The first kappa shape index (κ1) is 22.4. The van der Waals surface area contributed by atoms with Crippen molar-refractivity contribution in [2.45, 2.75) is 20.4 Å². The Morgan fingerprint density at radius 2 is 1.71 bits per heavy atom. The lowest BCUT2D eigenvalue weighted by Crippen LogP contribution is -2.02. The summed E-state index contributed by atoms with van der Waals surface area (Å²) in [7, 11) is 1.68. The Hall–Kier alpha value is -3.41. The highest BCUT2D eigenvalue weighted by Gasteiger charge is 2.16. The van der Waals surface area contributed by atoms with E-state index in [0.717, 1.165) is 38.9 Å². The molecule has 5 rings (SSSR count). The highest BCUT2D eigenvalue weighted by Crippen LogP contribution is 2.44. The lowest BCUT2D eigenvalue weighted by Gasteiger charge is -2.20. The van der Waals surface area contributed by atoms with Crippen LogP contribution in [-0.2, 0) is 5.75 Å². The third-order valence-electron chi connectivity index (χ3n) is 5.52. The van der Waals surface area contributed by atoms with Crippen LogP contribution in [-0.4, -0.2) is 12.9 Å². The zero-order chi connectivity index (χ0) is 23.3. The SMILES string of the molecule is COc1cc(/C=C/C(=O)c2ccc3c(c2)Nc2ccccc2S3)ccc1CSc1ccccc1. The molecule has 1 N–H and O–H groups in total. The topological polar surface area (TPSA) is 38.3 Å². The standard InChI is InChI=1S/C29H23NO2S2/c1-32-27-17-20(11-13-22(27)19-33-23-7-3-2-4-8-23)12-15-26(31)21-14-16-29-25(18-21)30-24-9-5-6-10-28(24)34-29/h2-18,30H,19H2,1H3/b15-12+. The second kappa shape index (κ2) is 10.2. The molecule has 0 aliphatic carbocycles. The van der Waals surface area contributed by atoms with Crippen LogP contribution in [0.3, 0.4) is 0 Å². The molecule has 0 spiro atoms. The van der Waals surface area contributed by atoms with E-state index < -0.39 is 0 Å². The molecule has 0 radical (unpaired) electrons. The lowest BCUT2D eigenvalue weighted by molar-refractivity contribution is 0.104. The average molecular weight is 482 g/mol. The van der Waals surface area contributed by atoms with E-state index in [-0.39, 0.29) is 5.78 Å². The molecule has 0 unspecified atom stereocenters. The molecule has 0 fully saturated rings. The average Bonchev–Trinajstić information content (AvgIpc) is 2.89. The summed E-state index contributed by atoms with van der Waals surface area (Å²) < 4.78 is 5.61. The van der Waals surface area contributed by atoms with Gasteiger partial charge in [0.25, 0.3) is 0 Å². The van der Waals surface area contributed by atoms with Crippen LogP contribution in [0.5, 0.6) is 5.75 Å². The maximum absolute atomic E-state index is 12.9. The lowest BCUT2D eigenvalue weighted by atomic mass is 10.1. The second-order valence-corrected chi connectivity index (χ2v) is 9.94. The number of anilines is 2. The first-order valence-electron chi connectivity index (χ1n) is 10.9. The second-order valence-electron chi connectivity index (χ2n) is 7.80. The molecule has 0 atom stereocenters. The molecule has 3 nitrogen and oxygen atoms in total. The van der Waals surface area contributed by atoms with Gasteiger partial charge in [-0.25, -0.2) is 0 Å². The van der Waals surface area contributed by atoms with Crippen molar-refractivity contribution in [3.8, 4) is 5.75 Å². The van der Waals surface area contributed by atoms with Gasteiger partial charge in [-0.1, -0.05) is 60.3 Å². The number of nitrogens with one attached hydrogen (secondary N) is 1. The van der Waals surface area contributed by atoms with Crippen LogP contribution in [0.25, 0.3) is 6.08 Å². The number of carbonyl (C=O) groups is 1. The van der Waals surface area contributed by atoms with E-state index in [1.807, 2.05) is 66.7 Å². The maximum Gasteiger partial charge on any atom is 0.185 e. The molecule has 0 amide bonds. The number of hydrogen-bond acceptors (Lipinski definition) is 5. The van der Waals surface area contributed by atoms with E-state index in [4.69, 9.17) is 4.74 Å². The van der Waals surface area contributed by atoms with E-state index in [0.29, 0.717) is 5.56 Å². The molecule has 4 aromatic rings. The van der Waals surface area contributed by atoms with Crippen LogP contribution in [0.15, 0.2) is 112 Å². The summed E-state index contributed by atoms with van der Waals surface area (Å²) in [6, 6.07) is 30.4. The van der Waals surface area contributed by atoms with Gasteiger partial charge in [-0.15, -0.1) is 11.8 Å². The van der Waals surface area contributed by atoms with Crippen molar-refractivity contribution in [1.29, 1.82) is 0 Å². The minimum absolute atomic E-state index is 0.0314. The quantitative estimate of drug-likeness (QED) is 0.144. The van der Waals surface area contributed by atoms with E-state index >= 15 is 0 Å². The van der Waals surface area contributed by atoms with Crippen LogP contribution in [0.1, 0.15) is 21.5 Å². The van der Waals surface area contributed by atoms with Crippen LogP contribution in [0.4, 0.5) is 11.4 Å². The van der Waals surface area contributed by atoms with Crippen LogP contribution >= 0.6 is 23.5 Å². The number of ether oxygens (including phenoxy) is 1. The van der Waals surface area contributed by atoms with Gasteiger partial charge in [0.2, 0.25) is 0 Å². The van der Waals surface area contributed by atoms with Gasteiger partial charge in [-0.3, -0.25) is 4.79 Å². The molecule has 1 heterocycles. The van der Waals surface area contributed by atoms with E-state index in [9.17, 15) is 4.79 Å². The molecule has 5 heteroatoms. The van der Waals surface area contributed by atoms with Crippen molar-refractivity contribution < 1.29 is 9.53 Å². The Labute approximate surface area is 208 Å². The molecule has 0 aromatic heterocycles. The molecule has 0 saturated carbocycles. The van der Waals surface area contributed by atoms with Crippen molar-refractivity contribution in [2.24, 2.45) is 0 Å². The summed E-state index contributed by atoms with van der Waals surface area (Å²) in [5, 5.41) is 3.44. The monoisotopic (exact) mass is 481 g/mol. The van der Waals surface area contributed by atoms with Crippen molar-refractivity contribution in [3.05, 3.63) is 114 Å². The normalized spacial score (nSPS) is 12.0. The highest BCUT2D eigenvalue weighted by atomic mass is 32.2. The Bertz CT molecular complexity index is 1370. The van der Waals surface area contributed by atoms with Crippen molar-refractivity contribution >= 4 is 46.8 Å². The summed E-state index contributed by atoms with van der Waals surface area (Å²) >= 11 is 3.49. The number of benzene rings is 4. The van der Waals surface area contributed by atoms with Crippen molar-refractivity contribution in [2.75, 3.05) is 12.4 Å². The van der Waals surface area contributed by atoms with Crippen LogP contribution in [0.2, 0.25) is 0 Å². The molecular weight excluding hydrogens is 458 g/mol. The third-order valence-corrected chi connectivity index (χ3v) is 7.73. The first-order chi connectivity index (χ1) is 16.7. The fourth-order valence-electron chi connectivity index (χ4n) is 3.72. The molecule has 4 aromatic carbocycles. The number of thioether (sulfide) groups is 1. The number of hydrogen-bond donors (Lipinski definition) is 1. The summed E-state index contributed by atoms with van der Waals surface area (Å²) in [6.07, 6.45) is 3.47. The Kier molecular flexibility index (Phi) is 6.74. The number of methoxy groups -OCH3 is 1. The summed E-state index contributed by atoms with van der Waals surface area (Å²) in [4.78, 5) is 16.4. The Morgan fingerprint density at radius 1 is 0.912 bits per heavy atom. The van der Waals surface area contributed by atoms with Crippen LogP contribution in [0, 0.1) is 0 Å². The van der Waals surface area contributed by atoms with Gasteiger partial charge in [0.1, 0.15) is 5.75 Å². The fraction of sp³-hybridized carbons (Fsp3) is 0.0690. The summed E-state index contributed by atoms with van der Waals surface area (Å²) in [5.74, 6) is 1.61. The van der Waals surface area contributed by atoms with Gasteiger partial charge in [0.15, 0.2) is 5.78 Å². The molecule has 1 aliphatic rings. The number of rotatable bonds is 7. The predicted molar refractivity (Wildman–Crippen MR) is 143 cm³/mol. The van der Waals surface area contributed by atoms with Gasteiger partial charge < -0.3 is 10.1 Å². The van der Waals surface area contributed by atoms with Gasteiger partial charge in [-0.2, -0.15) is 0 Å². The van der Waals surface area contributed by atoms with Gasteiger partial charge >= 0.3 is 0 Å². The van der Waals surface area contributed by atoms with Crippen LogP contribution < -0.4 is 10.1 Å². The van der Waals surface area contributed by atoms with Crippen molar-refractivity contribution in [3.63, 3.8) is 0 Å². The Balaban J connectivity index is 1.28. The fourth-order valence-corrected chi connectivity index (χ4v) is 5.60. The van der Waals surface area contributed by atoms with Gasteiger partial charge in [0.05, 0.1) is 18.5 Å². The minimum atomic E-state index is -0.0314. The summed E-state index contributed by atoms with van der Waals surface area (Å²) in [5.41, 5.74) is 4.74. The maximum atomic E-state index is 12.9. The smallest absolute Gasteiger partial charge is 0.185 e. The van der Waals surface area contributed by atoms with Gasteiger partial charge in [-0.05, 0) is 60.2 Å². The zero-order valence-corrected chi connectivity index (χ0v) is 20.3. The van der Waals surface area contributed by atoms with Crippen molar-refractivity contribution in [1.82, 2.24) is 0 Å². The van der Waals surface area contributed by atoms with E-state index in [1.54, 1.807) is 36.7 Å². The van der Waals surface area contributed by atoms with E-state index in [1.165, 1.54) is 9.79 Å². The van der Waals surface area contributed by atoms with Gasteiger partial charge in [0, 0.05) is 31.6 Å². The molecule has 34 heavy (non-hydrogen) atoms. The third kappa shape index (κ3) is 5.06. The highest BCUT2D eigenvalue weighted by molar-refractivity contribution is 7.99. The number of fused-ring (bicyclic) bond motifs is 2.